The summed E-state index contributed by atoms with van der Waals surface area (Å²) in [6.07, 6.45) is 4.93. The first-order valence-electron chi connectivity index (χ1n) is 9.89. The van der Waals surface area contributed by atoms with Crippen molar-refractivity contribution in [2.75, 3.05) is 62.3 Å². The van der Waals surface area contributed by atoms with E-state index < -0.39 is 10.0 Å². The highest BCUT2D eigenvalue weighted by atomic mass is 32.2. The van der Waals surface area contributed by atoms with E-state index in [1.165, 1.54) is 4.31 Å². The average molecular weight is 422 g/mol. The second kappa shape index (κ2) is 8.25. The molecule has 2 aliphatic rings. The molecule has 0 unspecified atom stereocenters. The highest BCUT2D eigenvalue weighted by Gasteiger charge is 2.31. The van der Waals surface area contributed by atoms with E-state index in [0.29, 0.717) is 45.3 Å². The lowest BCUT2D eigenvalue weighted by atomic mass is 10.3. The Labute approximate surface area is 171 Å². The molecular weight excluding hydrogens is 394 g/mol. The second-order valence-electron chi connectivity index (χ2n) is 7.46. The van der Waals surface area contributed by atoms with Crippen LogP contribution in [0.3, 0.4) is 0 Å². The number of ether oxygens (including phenoxy) is 1. The summed E-state index contributed by atoms with van der Waals surface area (Å²) in [5.74, 6) is 1.52. The summed E-state index contributed by atoms with van der Waals surface area (Å²) in [5.41, 5.74) is 0. The third kappa shape index (κ3) is 4.21. The number of morpholine rings is 1. The van der Waals surface area contributed by atoms with Gasteiger partial charge >= 0.3 is 0 Å². The summed E-state index contributed by atoms with van der Waals surface area (Å²) < 4.78 is 34.5. The number of imidazole rings is 1. The predicted octanol–water partition coefficient (Wildman–Crippen LogP) is 0.602. The molecule has 0 radical (unpaired) electrons. The van der Waals surface area contributed by atoms with E-state index in [9.17, 15) is 8.42 Å². The van der Waals surface area contributed by atoms with Crippen LogP contribution in [0.1, 0.15) is 19.9 Å². The van der Waals surface area contributed by atoms with Crippen LogP contribution in [0.15, 0.2) is 29.8 Å². The fraction of sp³-hybridized carbons (Fsp3) is 0.611. The smallest absolute Gasteiger partial charge is 0.262 e. The molecule has 2 aromatic heterocycles. The summed E-state index contributed by atoms with van der Waals surface area (Å²) in [5, 5.41) is 0.108. The van der Waals surface area contributed by atoms with E-state index in [1.54, 1.807) is 23.3 Å². The maximum Gasteiger partial charge on any atom is 0.262 e. The highest BCUT2D eigenvalue weighted by molar-refractivity contribution is 7.89. The Morgan fingerprint density at radius 3 is 2.38 bits per heavy atom. The van der Waals surface area contributed by atoms with E-state index in [1.807, 2.05) is 19.9 Å². The van der Waals surface area contributed by atoms with Gasteiger partial charge in [0.25, 0.3) is 10.0 Å². The molecule has 29 heavy (non-hydrogen) atoms. The molecule has 0 bridgehead atoms. The summed E-state index contributed by atoms with van der Waals surface area (Å²) in [4.78, 5) is 17.4. The number of sulfonamides is 1. The van der Waals surface area contributed by atoms with Crippen molar-refractivity contribution in [3.05, 3.63) is 24.8 Å². The maximum absolute atomic E-state index is 12.9. The SMILES string of the molecule is CC(C)n1cnc(S(=O)(=O)N2CCN(c3ccnc(N4CCOCC4)n3)CC2)c1. The van der Waals surface area contributed by atoms with Gasteiger partial charge in [-0.15, -0.1) is 0 Å². The first-order chi connectivity index (χ1) is 13.9. The summed E-state index contributed by atoms with van der Waals surface area (Å²) in [7, 11) is -3.59. The minimum absolute atomic E-state index is 0.108. The molecule has 0 saturated carbocycles. The lowest BCUT2D eigenvalue weighted by Gasteiger charge is -2.34. The predicted molar refractivity (Wildman–Crippen MR) is 109 cm³/mol. The van der Waals surface area contributed by atoms with Gasteiger partial charge in [0.1, 0.15) is 5.82 Å². The van der Waals surface area contributed by atoms with Gasteiger partial charge in [0.2, 0.25) is 5.95 Å². The van der Waals surface area contributed by atoms with E-state index in [-0.39, 0.29) is 11.1 Å². The van der Waals surface area contributed by atoms with Gasteiger partial charge in [-0.1, -0.05) is 0 Å². The topological polar surface area (TPSA) is 96.7 Å². The Morgan fingerprint density at radius 2 is 1.72 bits per heavy atom. The molecule has 4 rings (SSSR count). The van der Waals surface area contributed by atoms with E-state index in [2.05, 4.69) is 24.8 Å². The minimum Gasteiger partial charge on any atom is -0.378 e. The summed E-state index contributed by atoms with van der Waals surface area (Å²) >= 11 is 0. The lowest BCUT2D eigenvalue weighted by molar-refractivity contribution is 0.122. The van der Waals surface area contributed by atoms with Crippen LogP contribution in [-0.4, -0.2) is 84.7 Å². The molecule has 0 amide bonds. The van der Waals surface area contributed by atoms with Gasteiger partial charge < -0.3 is 19.1 Å². The molecule has 0 atom stereocenters. The molecule has 10 nitrogen and oxygen atoms in total. The van der Waals surface area contributed by atoms with Crippen LogP contribution in [0, 0.1) is 0 Å². The van der Waals surface area contributed by atoms with Gasteiger partial charge in [0.05, 0.1) is 19.5 Å². The van der Waals surface area contributed by atoms with Crippen LogP contribution >= 0.6 is 0 Å². The zero-order valence-corrected chi connectivity index (χ0v) is 17.6. The number of rotatable bonds is 5. The third-order valence-electron chi connectivity index (χ3n) is 5.26. The van der Waals surface area contributed by atoms with Crippen LogP contribution in [-0.2, 0) is 14.8 Å². The first kappa shape index (κ1) is 20.0. The first-order valence-corrected chi connectivity index (χ1v) is 11.3. The third-order valence-corrected chi connectivity index (χ3v) is 7.05. The number of nitrogens with zero attached hydrogens (tertiary/aromatic N) is 7. The van der Waals surface area contributed by atoms with Crippen LogP contribution in [0.5, 0.6) is 0 Å². The van der Waals surface area contributed by atoms with Crippen molar-refractivity contribution >= 4 is 21.8 Å². The van der Waals surface area contributed by atoms with Gasteiger partial charge in [-0.3, -0.25) is 0 Å². The van der Waals surface area contributed by atoms with Gasteiger partial charge in [-0.25, -0.2) is 18.4 Å². The van der Waals surface area contributed by atoms with E-state index in [4.69, 9.17) is 4.74 Å². The standard InChI is InChI=1S/C18H27N7O3S/c1-15(2)24-13-17(20-14-24)29(26,27)25-7-5-22(6-8-25)16-3-4-19-18(21-16)23-9-11-28-12-10-23/h3-4,13-15H,5-12H2,1-2H3. The molecule has 2 aliphatic heterocycles. The molecule has 2 fully saturated rings. The number of aromatic nitrogens is 4. The van der Waals surface area contributed by atoms with Crippen LogP contribution < -0.4 is 9.80 Å². The van der Waals surface area contributed by atoms with Crippen LogP contribution in [0.2, 0.25) is 0 Å². The zero-order valence-electron chi connectivity index (χ0n) is 16.8. The Kier molecular flexibility index (Phi) is 5.70. The number of hydrogen-bond donors (Lipinski definition) is 0. The average Bonchev–Trinajstić information content (AvgIpc) is 3.26. The molecule has 11 heteroatoms. The Balaban J connectivity index is 1.42. The largest absolute Gasteiger partial charge is 0.378 e. The molecule has 0 aliphatic carbocycles. The van der Waals surface area contributed by atoms with Gasteiger partial charge in [-0.2, -0.15) is 9.29 Å². The molecule has 2 aromatic rings. The number of piperazine rings is 1. The Bertz CT molecular complexity index is 932. The molecule has 158 valence electrons. The van der Waals surface area contributed by atoms with Crippen molar-refractivity contribution in [3.63, 3.8) is 0 Å². The maximum atomic E-state index is 12.9. The Hall–Kier alpha value is -2.24. The van der Waals surface area contributed by atoms with Crippen molar-refractivity contribution in [2.24, 2.45) is 0 Å². The van der Waals surface area contributed by atoms with Crippen molar-refractivity contribution in [3.8, 4) is 0 Å². The lowest BCUT2D eigenvalue weighted by Crippen LogP contribution is -2.49. The number of hydrogen-bond acceptors (Lipinski definition) is 8. The molecule has 0 spiro atoms. The monoisotopic (exact) mass is 421 g/mol. The highest BCUT2D eigenvalue weighted by Crippen LogP contribution is 2.21. The van der Waals surface area contributed by atoms with Crippen LogP contribution in [0.25, 0.3) is 0 Å². The summed E-state index contributed by atoms with van der Waals surface area (Å²) in [6, 6.07) is 2.04. The van der Waals surface area contributed by atoms with E-state index in [0.717, 1.165) is 18.9 Å². The normalized spacial score (nSPS) is 19.1. The number of anilines is 2. The van der Waals surface area contributed by atoms with Gasteiger partial charge in [-0.05, 0) is 19.9 Å². The van der Waals surface area contributed by atoms with Crippen molar-refractivity contribution < 1.29 is 13.2 Å². The van der Waals surface area contributed by atoms with Crippen molar-refractivity contribution in [2.45, 2.75) is 24.9 Å². The van der Waals surface area contributed by atoms with Gasteiger partial charge in [0.15, 0.2) is 5.03 Å². The van der Waals surface area contributed by atoms with Crippen molar-refractivity contribution in [1.29, 1.82) is 0 Å². The fourth-order valence-electron chi connectivity index (χ4n) is 3.45. The molecular formula is C18H27N7O3S. The van der Waals surface area contributed by atoms with Gasteiger partial charge in [0, 0.05) is 57.7 Å². The summed E-state index contributed by atoms with van der Waals surface area (Å²) in [6.45, 7) is 8.83. The minimum atomic E-state index is -3.59. The van der Waals surface area contributed by atoms with Crippen LogP contribution in [0.4, 0.5) is 11.8 Å². The molecule has 4 heterocycles. The fourth-order valence-corrected chi connectivity index (χ4v) is 4.80. The Morgan fingerprint density at radius 1 is 1.00 bits per heavy atom. The molecule has 0 N–H and O–H groups in total. The van der Waals surface area contributed by atoms with E-state index >= 15 is 0 Å². The zero-order chi connectivity index (χ0) is 20.4. The van der Waals surface area contributed by atoms with Crippen molar-refractivity contribution in [1.82, 2.24) is 23.8 Å². The molecule has 0 aromatic carbocycles. The molecule has 2 saturated heterocycles. The second-order valence-corrected chi connectivity index (χ2v) is 9.34. The quantitative estimate of drug-likeness (QED) is 0.693.